The monoisotopic (exact) mass is 297 g/mol. The van der Waals surface area contributed by atoms with Crippen molar-refractivity contribution in [1.82, 2.24) is 5.32 Å². The molecule has 21 heavy (non-hydrogen) atoms. The van der Waals surface area contributed by atoms with Crippen molar-refractivity contribution in [2.75, 3.05) is 0 Å². The van der Waals surface area contributed by atoms with Crippen LogP contribution in [-0.4, -0.2) is 11.4 Å². The van der Waals surface area contributed by atoms with Crippen molar-refractivity contribution >= 4 is 5.91 Å². The van der Waals surface area contributed by atoms with Crippen molar-refractivity contribution in [1.29, 1.82) is 0 Å². The Morgan fingerprint density at radius 3 is 1.81 bits per heavy atom. The zero-order valence-corrected chi connectivity index (χ0v) is 15.6. The molecular weight excluding hydrogens is 258 g/mol. The first-order valence-electron chi connectivity index (χ1n) is 8.90. The lowest BCUT2D eigenvalue weighted by molar-refractivity contribution is -0.124. The molecular formula is C19H39NO. The van der Waals surface area contributed by atoms with Crippen LogP contribution >= 0.6 is 0 Å². The quantitative estimate of drug-likeness (QED) is 0.550. The molecule has 0 aliphatic carbocycles. The minimum absolute atomic E-state index is 0.116. The number of nitrogens with one attached hydrogen (secondary N) is 1. The molecule has 0 aliphatic heterocycles. The van der Waals surface area contributed by atoms with E-state index in [1.165, 1.54) is 38.5 Å². The van der Waals surface area contributed by atoms with Crippen LogP contribution in [0.3, 0.4) is 0 Å². The molecule has 0 radical (unpaired) electrons. The first-order chi connectivity index (χ1) is 9.59. The van der Waals surface area contributed by atoms with E-state index >= 15 is 0 Å². The Kier molecular flexibility index (Phi) is 9.24. The van der Waals surface area contributed by atoms with Gasteiger partial charge in [-0.1, -0.05) is 60.3 Å². The lowest BCUT2D eigenvalue weighted by atomic mass is 9.81. The van der Waals surface area contributed by atoms with Crippen molar-refractivity contribution in [2.24, 2.45) is 11.3 Å². The zero-order chi connectivity index (χ0) is 16.5. The van der Waals surface area contributed by atoms with Gasteiger partial charge in [-0.2, -0.15) is 0 Å². The average molecular weight is 298 g/mol. The molecule has 1 N–H and O–H groups in total. The van der Waals surface area contributed by atoms with Crippen molar-refractivity contribution in [3.05, 3.63) is 0 Å². The van der Waals surface area contributed by atoms with Crippen LogP contribution in [0.15, 0.2) is 0 Å². The van der Waals surface area contributed by atoms with E-state index in [1.54, 1.807) is 0 Å². The third kappa shape index (κ3) is 11.8. The molecule has 0 aromatic rings. The summed E-state index contributed by atoms with van der Waals surface area (Å²) in [4.78, 5) is 12.4. The number of unbranched alkanes of at least 4 members (excludes halogenated alkanes) is 2. The van der Waals surface area contributed by atoms with Gasteiger partial charge >= 0.3 is 0 Å². The number of rotatable bonds is 10. The molecule has 2 nitrogen and oxygen atoms in total. The second kappa shape index (κ2) is 9.48. The predicted octanol–water partition coefficient (Wildman–Crippen LogP) is 5.70. The normalized spacial score (nSPS) is 12.8. The van der Waals surface area contributed by atoms with E-state index in [2.05, 4.69) is 53.8 Å². The van der Waals surface area contributed by atoms with Gasteiger partial charge in [-0.15, -0.1) is 0 Å². The lowest BCUT2D eigenvalue weighted by Gasteiger charge is -2.33. The molecule has 0 aromatic heterocycles. The fourth-order valence-electron chi connectivity index (χ4n) is 3.39. The van der Waals surface area contributed by atoms with Gasteiger partial charge in [0.05, 0.1) is 0 Å². The summed E-state index contributed by atoms with van der Waals surface area (Å²) in [5.74, 6) is 0.803. The third-order valence-corrected chi connectivity index (χ3v) is 3.86. The van der Waals surface area contributed by atoms with Crippen LogP contribution in [0.4, 0.5) is 0 Å². The van der Waals surface area contributed by atoms with Crippen molar-refractivity contribution in [2.45, 2.75) is 105 Å². The summed E-state index contributed by atoms with van der Waals surface area (Å²) in [7, 11) is 0. The fourth-order valence-corrected chi connectivity index (χ4v) is 3.39. The van der Waals surface area contributed by atoms with Crippen molar-refractivity contribution in [3.8, 4) is 0 Å². The summed E-state index contributed by atoms with van der Waals surface area (Å²) in [6.07, 6.45) is 9.03. The first kappa shape index (κ1) is 20.5. The SMILES string of the molecule is CCCCC(CCCC)CC(=O)NC(C)(C)CC(C)(C)C. The molecule has 0 saturated heterocycles. The van der Waals surface area contributed by atoms with Crippen LogP contribution in [0.2, 0.25) is 0 Å². The minimum Gasteiger partial charge on any atom is -0.351 e. The van der Waals surface area contributed by atoms with Crippen molar-refractivity contribution < 1.29 is 4.79 Å². The molecule has 0 unspecified atom stereocenters. The van der Waals surface area contributed by atoms with Gasteiger partial charge in [-0.05, 0) is 44.4 Å². The molecule has 0 rings (SSSR count). The molecule has 0 aromatic carbocycles. The predicted molar refractivity (Wildman–Crippen MR) is 93.5 cm³/mol. The number of carbonyl (C=O) groups excluding carboxylic acids is 1. The molecule has 0 aliphatic rings. The Bertz CT molecular complexity index is 280. The summed E-state index contributed by atoms with van der Waals surface area (Å²) in [6.45, 7) is 15.4. The maximum Gasteiger partial charge on any atom is 0.220 e. The summed E-state index contributed by atoms with van der Waals surface area (Å²) in [5, 5.41) is 3.26. The smallest absolute Gasteiger partial charge is 0.220 e. The molecule has 0 fully saturated rings. The Morgan fingerprint density at radius 2 is 1.43 bits per heavy atom. The van der Waals surface area contributed by atoms with Crippen molar-refractivity contribution in [3.63, 3.8) is 0 Å². The number of amides is 1. The molecule has 126 valence electrons. The Hall–Kier alpha value is -0.530. The second-order valence-electron chi connectivity index (χ2n) is 8.52. The largest absolute Gasteiger partial charge is 0.351 e. The zero-order valence-electron chi connectivity index (χ0n) is 15.6. The van der Waals surface area contributed by atoms with E-state index in [1.807, 2.05) is 0 Å². The van der Waals surface area contributed by atoms with Gasteiger partial charge in [-0.3, -0.25) is 4.79 Å². The molecule has 0 atom stereocenters. The van der Waals surface area contributed by atoms with Gasteiger partial charge in [0, 0.05) is 12.0 Å². The van der Waals surface area contributed by atoms with Gasteiger partial charge in [0.1, 0.15) is 0 Å². The number of hydrogen-bond donors (Lipinski definition) is 1. The highest BCUT2D eigenvalue weighted by atomic mass is 16.1. The Labute approximate surface area is 133 Å². The van der Waals surface area contributed by atoms with E-state index < -0.39 is 0 Å². The summed E-state index contributed by atoms with van der Waals surface area (Å²) >= 11 is 0. The van der Waals surface area contributed by atoms with Gasteiger partial charge < -0.3 is 5.32 Å². The van der Waals surface area contributed by atoms with Crippen LogP contribution in [-0.2, 0) is 4.79 Å². The maximum absolute atomic E-state index is 12.4. The second-order valence-corrected chi connectivity index (χ2v) is 8.52. The standard InChI is InChI=1S/C19H39NO/c1-8-10-12-16(13-11-9-2)14-17(21)20-19(6,7)15-18(3,4)5/h16H,8-15H2,1-7H3,(H,20,21). The van der Waals surface area contributed by atoms with Gasteiger partial charge in [0.2, 0.25) is 5.91 Å². The van der Waals surface area contributed by atoms with Crippen LogP contribution in [0.5, 0.6) is 0 Å². The highest BCUT2D eigenvalue weighted by Gasteiger charge is 2.27. The van der Waals surface area contributed by atoms with Crippen LogP contribution in [0.1, 0.15) is 99.8 Å². The highest BCUT2D eigenvalue weighted by Crippen LogP contribution is 2.27. The minimum atomic E-state index is -0.116. The van der Waals surface area contributed by atoms with Gasteiger partial charge in [0.25, 0.3) is 0 Å². The van der Waals surface area contributed by atoms with Crippen LogP contribution < -0.4 is 5.32 Å². The third-order valence-electron chi connectivity index (χ3n) is 3.86. The van der Waals surface area contributed by atoms with Crippen LogP contribution in [0, 0.1) is 11.3 Å². The Balaban J connectivity index is 4.40. The fraction of sp³-hybridized carbons (Fsp3) is 0.947. The maximum atomic E-state index is 12.4. The average Bonchev–Trinajstić information content (AvgIpc) is 2.28. The topological polar surface area (TPSA) is 29.1 Å². The summed E-state index contributed by atoms with van der Waals surface area (Å²) < 4.78 is 0. The molecule has 1 amide bonds. The Morgan fingerprint density at radius 1 is 0.952 bits per heavy atom. The van der Waals surface area contributed by atoms with E-state index in [4.69, 9.17) is 0 Å². The van der Waals surface area contributed by atoms with Crippen LogP contribution in [0.25, 0.3) is 0 Å². The summed E-state index contributed by atoms with van der Waals surface area (Å²) in [6, 6.07) is 0. The molecule has 0 bridgehead atoms. The molecule has 2 heteroatoms. The van der Waals surface area contributed by atoms with E-state index in [0.29, 0.717) is 12.3 Å². The van der Waals surface area contributed by atoms with Gasteiger partial charge in [-0.25, -0.2) is 0 Å². The first-order valence-corrected chi connectivity index (χ1v) is 8.90. The number of carbonyl (C=O) groups is 1. The summed E-state index contributed by atoms with van der Waals surface area (Å²) in [5.41, 5.74) is 0.121. The van der Waals surface area contributed by atoms with E-state index in [9.17, 15) is 4.79 Å². The molecule has 0 spiro atoms. The van der Waals surface area contributed by atoms with E-state index in [0.717, 1.165) is 6.42 Å². The van der Waals surface area contributed by atoms with Gasteiger partial charge in [0.15, 0.2) is 0 Å². The van der Waals surface area contributed by atoms with E-state index in [-0.39, 0.29) is 16.9 Å². The lowest BCUT2D eigenvalue weighted by Crippen LogP contribution is -2.46. The highest BCUT2D eigenvalue weighted by molar-refractivity contribution is 5.76. The molecule has 0 saturated carbocycles. The molecule has 0 heterocycles. The number of hydrogen-bond acceptors (Lipinski definition) is 1.